The molecule has 1 fully saturated rings. The number of aromatic nitrogens is 2. The molecule has 1 aliphatic heterocycles. The highest BCUT2D eigenvalue weighted by molar-refractivity contribution is 6.33. The summed E-state index contributed by atoms with van der Waals surface area (Å²) in [5, 5.41) is 12.8. The Balaban J connectivity index is 1.36. The van der Waals surface area contributed by atoms with Crippen LogP contribution in [-0.4, -0.2) is 65.2 Å². The molecule has 0 amide bonds. The molecule has 2 heterocycles. The van der Waals surface area contributed by atoms with Crippen molar-refractivity contribution in [3.63, 3.8) is 0 Å². The van der Waals surface area contributed by atoms with E-state index in [1.54, 1.807) is 0 Å². The van der Waals surface area contributed by atoms with Gasteiger partial charge in [0.1, 0.15) is 5.82 Å². The summed E-state index contributed by atoms with van der Waals surface area (Å²) >= 11 is 6.27. The number of para-hydroxylation sites is 1. The predicted molar refractivity (Wildman–Crippen MR) is 102 cm³/mol. The van der Waals surface area contributed by atoms with Gasteiger partial charge in [0.05, 0.1) is 23.1 Å². The van der Waals surface area contributed by atoms with Gasteiger partial charge in [-0.15, -0.1) is 0 Å². The molecule has 3 rings (SSSR count). The first-order valence-corrected chi connectivity index (χ1v) is 9.02. The van der Waals surface area contributed by atoms with Gasteiger partial charge in [0.15, 0.2) is 5.69 Å². The van der Waals surface area contributed by atoms with Gasteiger partial charge in [0, 0.05) is 32.7 Å². The second kappa shape index (κ2) is 8.82. The Bertz CT molecular complexity index is 733. The number of nitrogens with one attached hydrogen (secondary N) is 1. The summed E-state index contributed by atoms with van der Waals surface area (Å²) < 4.78 is 0. The van der Waals surface area contributed by atoms with Crippen molar-refractivity contribution in [2.45, 2.75) is 6.42 Å². The highest BCUT2D eigenvalue weighted by atomic mass is 35.5. The molecule has 2 N–H and O–H groups in total. The first-order chi connectivity index (χ1) is 12.6. The molecule has 2 aromatic rings. The van der Waals surface area contributed by atoms with Gasteiger partial charge in [-0.25, -0.2) is 14.8 Å². The standard InChI is InChI=1S/C18H22ClN5O2/c19-14-4-1-2-5-16(14)24-10-8-23(9-11-24)7-3-6-20-17-13-21-15(12-22-17)18(25)26/h1-2,4-5,12-13H,3,6-11H2,(H,20,22)(H,25,26). The third kappa shape index (κ3) is 4.83. The number of rotatable bonds is 7. The Morgan fingerprint density at radius 1 is 1.15 bits per heavy atom. The maximum Gasteiger partial charge on any atom is 0.356 e. The molecule has 0 unspecified atom stereocenters. The molecule has 8 heteroatoms. The van der Waals surface area contributed by atoms with E-state index in [1.165, 1.54) is 12.4 Å². The minimum atomic E-state index is -1.07. The van der Waals surface area contributed by atoms with Crippen LogP contribution in [0.5, 0.6) is 0 Å². The first-order valence-electron chi connectivity index (χ1n) is 8.64. The van der Waals surface area contributed by atoms with E-state index >= 15 is 0 Å². The van der Waals surface area contributed by atoms with Crippen LogP contribution in [0.3, 0.4) is 0 Å². The third-order valence-electron chi connectivity index (χ3n) is 4.39. The Labute approximate surface area is 157 Å². The SMILES string of the molecule is O=C(O)c1cnc(NCCCN2CCN(c3ccccc3Cl)CC2)cn1. The van der Waals surface area contributed by atoms with E-state index < -0.39 is 5.97 Å². The number of carboxylic acid groups (broad SMARTS) is 1. The van der Waals surface area contributed by atoms with E-state index in [4.69, 9.17) is 16.7 Å². The second-order valence-corrected chi connectivity index (χ2v) is 6.56. The summed E-state index contributed by atoms with van der Waals surface area (Å²) in [7, 11) is 0. The van der Waals surface area contributed by atoms with Crippen LogP contribution in [0.25, 0.3) is 0 Å². The van der Waals surface area contributed by atoms with E-state index in [2.05, 4.69) is 31.2 Å². The third-order valence-corrected chi connectivity index (χ3v) is 4.71. The summed E-state index contributed by atoms with van der Waals surface area (Å²) in [6.07, 6.45) is 3.69. The minimum absolute atomic E-state index is 0.0491. The molecular formula is C18H22ClN5O2. The molecule has 1 saturated heterocycles. The van der Waals surface area contributed by atoms with Gasteiger partial charge in [-0.05, 0) is 25.1 Å². The van der Waals surface area contributed by atoms with Crippen LogP contribution in [-0.2, 0) is 0 Å². The zero-order valence-electron chi connectivity index (χ0n) is 14.4. The number of aromatic carboxylic acids is 1. The van der Waals surface area contributed by atoms with Crippen LogP contribution in [0.15, 0.2) is 36.7 Å². The van der Waals surface area contributed by atoms with E-state index in [0.717, 1.165) is 56.4 Å². The molecule has 1 aromatic carbocycles. The number of hydrogen-bond donors (Lipinski definition) is 2. The molecule has 0 atom stereocenters. The summed E-state index contributed by atoms with van der Waals surface area (Å²) in [6.45, 7) is 5.74. The number of hydrogen-bond acceptors (Lipinski definition) is 6. The van der Waals surface area contributed by atoms with Gasteiger partial charge in [-0.2, -0.15) is 0 Å². The number of benzene rings is 1. The highest BCUT2D eigenvalue weighted by Crippen LogP contribution is 2.25. The molecule has 0 saturated carbocycles. The van der Waals surface area contributed by atoms with Gasteiger partial charge < -0.3 is 15.3 Å². The lowest BCUT2D eigenvalue weighted by Gasteiger charge is -2.36. The number of nitrogens with zero attached hydrogens (tertiary/aromatic N) is 4. The van der Waals surface area contributed by atoms with Crippen molar-refractivity contribution >= 4 is 29.1 Å². The van der Waals surface area contributed by atoms with Crippen molar-refractivity contribution in [2.24, 2.45) is 0 Å². The van der Waals surface area contributed by atoms with Gasteiger partial charge in [-0.3, -0.25) is 4.90 Å². The molecule has 0 spiro atoms. The number of carbonyl (C=O) groups is 1. The Hall–Kier alpha value is -2.38. The summed E-state index contributed by atoms with van der Waals surface area (Å²) in [4.78, 5) is 23.4. The quantitative estimate of drug-likeness (QED) is 0.719. The maximum absolute atomic E-state index is 10.7. The Morgan fingerprint density at radius 2 is 1.92 bits per heavy atom. The van der Waals surface area contributed by atoms with Crippen molar-refractivity contribution in [2.75, 3.05) is 49.5 Å². The minimum Gasteiger partial charge on any atom is -0.476 e. The van der Waals surface area contributed by atoms with Crippen molar-refractivity contribution in [3.8, 4) is 0 Å². The van der Waals surface area contributed by atoms with Crippen molar-refractivity contribution < 1.29 is 9.90 Å². The van der Waals surface area contributed by atoms with Crippen LogP contribution >= 0.6 is 11.6 Å². The van der Waals surface area contributed by atoms with Gasteiger partial charge in [0.25, 0.3) is 0 Å². The Morgan fingerprint density at radius 3 is 2.58 bits per heavy atom. The smallest absolute Gasteiger partial charge is 0.356 e. The lowest BCUT2D eigenvalue weighted by Crippen LogP contribution is -2.46. The summed E-state index contributed by atoms with van der Waals surface area (Å²) in [5.74, 6) is -0.474. The fraction of sp³-hybridized carbons (Fsp3) is 0.389. The number of piperazine rings is 1. The maximum atomic E-state index is 10.7. The van der Waals surface area contributed by atoms with Crippen LogP contribution in [0, 0.1) is 0 Å². The molecule has 1 aliphatic rings. The molecule has 0 aliphatic carbocycles. The van der Waals surface area contributed by atoms with E-state index in [0.29, 0.717) is 5.82 Å². The summed E-state index contributed by atoms with van der Waals surface area (Å²) in [5.41, 5.74) is 1.06. The number of halogens is 1. The van der Waals surface area contributed by atoms with E-state index in [9.17, 15) is 4.79 Å². The predicted octanol–water partition coefficient (Wildman–Crippen LogP) is 2.45. The topological polar surface area (TPSA) is 81.6 Å². The fourth-order valence-corrected chi connectivity index (χ4v) is 3.22. The van der Waals surface area contributed by atoms with E-state index in [-0.39, 0.29) is 5.69 Å². The molecule has 0 radical (unpaired) electrons. The molecule has 1 aromatic heterocycles. The average Bonchev–Trinajstić information content (AvgIpc) is 2.67. The van der Waals surface area contributed by atoms with Gasteiger partial charge >= 0.3 is 5.97 Å². The molecule has 7 nitrogen and oxygen atoms in total. The normalized spacial score (nSPS) is 15.0. The lowest BCUT2D eigenvalue weighted by atomic mass is 10.2. The van der Waals surface area contributed by atoms with Crippen molar-refractivity contribution in [1.29, 1.82) is 0 Å². The number of anilines is 2. The number of carboxylic acids is 1. The largest absolute Gasteiger partial charge is 0.476 e. The average molecular weight is 376 g/mol. The van der Waals surface area contributed by atoms with Gasteiger partial charge in [0.2, 0.25) is 0 Å². The van der Waals surface area contributed by atoms with Crippen LogP contribution in [0.2, 0.25) is 5.02 Å². The van der Waals surface area contributed by atoms with Gasteiger partial charge in [-0.1, -0.05) is 23.7 Å². The van der Waals surface area contributed by atoms with E-state index in [1.807, 2.05) is 18.2 Å². The monoisotopic (exact) mass is 375 g/mol. The zero-order valence-corrected chi connectivity index (χ0v) is 15.2. The molecule has 138 valence electrons. The summed E-state index contributed by atoms with van der Waals surface area (Å²) in [6, 6.07) is 7.97. The van der Waals surface area contributed by atoms with Crippen LogP contribution in [0.1, 0.15) is 16.9 Å². The first kappa shape index (κ1) is 18.4. The lowest BCUT2D eigenvalue weighted by molar-refractivity contribution is 0.0690. The molecule has 0 bridgehead atoms. The zero-order chi connectivity index (χ0) is 18.4. The second-order valence-electron chi connectivity index (χ2n) is 6.15. The molecular weight excluding hydrogens is 354 g/mol. The van der Waals surface area contributed by atoms with Crippen LogP contribution < -0.4 is 10.2 Å². The Kier molecular flexibility index (Phi) is 6.25. The highest BCUT2D eigenvalue weighted by Gasteiger charge is 2.18. The van der Waals surface area contributed by atoms with Crippen molar-refractivity contribution in [3.05, 3.63) is 47.4 Å². The fourth-order valence-electron chi connectivity index (χ4n) is 2.97. The van der Waals surface area contributed by atoms with Crippen molar-refractivity contribution in [1.82, 2.24) is 14.9 Å². The molecule has 26 heavy (non-hydrogen) atoms. The van der Waals surface area contributed by atoms with Crippen LogP contribution in [0.4, 0.5) is 11.5 Å².